The van der Waals surface area contributed by atoms with Gasteiger partial charge in [-0.1, -0.05) is 0 Å². The van der Waals surface area contributed by atoms with E-state index in [-0.39, 0.29) is 24.3 Å². The SMILES string of the molecule is COCCNC(=O)C(C)NC(=O)N1CCC(CC(=O)O)C1. The average Bonchev–Trinajstić information content (AvgIpc) is 2.86. The lowest BCUT2D eigenvalue weighted by atomic mass is 10.1. The minimum atomic E-state index is -0.854. The van der Waals surface area contributed by atoms with Gasteiger partial charge in [0.1, 0.15) is 6.04 Å². The van der Waals surface area contributed by atoms with Gasteiger partial charge in [0, 0.05) is 33.2 Å². The summed E-state index contributed by atoms with van der Waals surface area (Å²) in [5.41, 5.74) is 0. The van der Waals surface area contributed by atoms with Crippen LogP contribution in [0.15, 0.2) is 0 Å². The number of hydrogen-bond donors (Lipinski definition) is 3. The normalized spacial score (nSPS) is 19.1. The van der Waals surface area contributed by atoms with E-state index in [1.54, 1.807) is 11.8 Å². The maximum absolute atomic E-state index is 12.0. The number of methoxy groups -OCH3 is 1. The number of likely N-dealkylation sites (tertiary alicyclic amines) is 1. The predicted octanol–water partition coefficient (Wildman–Crippen LogP) is -0.356. The first-order chi connectivity index (χ1) is 9.93. The van der Waals surface area contributed by atoms with E-state index in [2.05, 4.69) is 10.6 Å². The van der Waals surface area contributed by atoms with Gasteiger partial charge in [-0.15, -0.1) is 0 Å². The largest absolute Gasteiger partial charge is 0.481 e. The first-order valence-electron chi connectivity index (χ1n) is 6.98. The Morgan fingerprint density at radius 3 is 2.76 bits per heavy atom. The molecule has 2 atom stereocenters. The van der Waals surface area contributed by atoms with Crippen molar-refractivity contribution in [3.8, 4) is 0 Å². The maximum Gasteiger partial charge on any atom is 0.318 e. The van der Waals surface area contributed by atoms with Gasteiger partial charge in [0.15, 0.2) is 0 Å². The lowest BCUT2D eigenvalue weighted by Gasteiger charge is -2.20. The first kappa shape index (κ1) is 17.2. The molecule has 8 nitrogen and oxygen atoms in total. The predicted molar refractivity (Wildman–Crippen MR) is 74.8 cm³/mol. The summed E-state index contributed by atoms with van der Waals surface area (Å²) in [5, 5.41) is 14.0. The van der Waals surface area contributed by atoms with Crippen LogP contribution < -0.4 is 10.6 Å². The molecule has 1 aliphatic heterocycles. The molecule has 1 aliphatic rings. The number of nitrogens with one attached hydrogen (secondary N) is 2. The van der Waals surface area contributed by atoms with Gasteiger partial charge in [0.2, 0.25) is 5.91 Å². The Morgan fingerprint density at radius 2 is 2.14 bits per heavy atom. The van der Waals surface area contributed by atoms with Crippen LogP contribution in [0.25, 0.3) is 0 Å². The molecule has 2 unspecified atom stereocenters. The quantitative estimate of drug-likeness (QED) is 0.557. The van der Waals surface area contributed by atoms with E-state index < -0.39 is 12.0 Å². The van der Waals surface area contributed by atoms with E-state index in [9.17, 15) is 14.4 Å². The standard InChI is InChI=1S/C13H23N3O5/c1-9(12(19)14-4-6-21-2)15-13(20)16-5-3-10(8-16)7-11(17)18/h9-10H,3-8H2,1-2H3,(H,14,19)(H,15,20)(H,17,18). The Morgan fingerprint density at radius 1 is 1.43 bits per heavy atom. The first-order valence-corrected chi connectivity index (χ1v) is 6.98. The van der Waals surface area contributed by atoms with Crippen molar-refractivity contribution in [2.24, 2.45) is 5.92 Å². The highest BCUT2D eigenvalue weighted by Gasteiger charge is 2.29. The van der Waals surface area contributed by atoms with Crippen LogP contribution in [-0.4, -0.2) is 67.3 Å². The molecular weight excluding hydrogens is 278 g/mol. The van der Waals surface area contributed by atoms with Gasteiger partial charge in [-0.05, 0) is 19.3 Å². The molecule has 0 aliphatic carbocycles. The Hall–Kier alpha value is -1.83. The fourth-order valence-corrected chi connectivity index (χ4v) is 2.20. The van der Waals surface area contributed by atoms with Crippen molar-refractivity contribution < 1.29 is 24.2 Å². The summed E-state index contributed by atoms with van der Waals surface area (Å²) < 4.78 is 4.82. The molecule has 120 valence electrons. The van der Waals surface area contributed by atoms with E-state index in [0.29, 0.717) is 32.7 Å². The van der Waals surface area contributed by atoms with Gasteiger partial charge >= 0.3 is 12.0 Å². The molecule has 1 saturated heterocycles. The van der Waals surface area contributed by atoms with Crippen molar-refractivity contribution in [3.05, 3.63) is 0 Å². The average molecular weight is 301 g/mol. The number of ether oxygens (including phenoxy) is 1. The maximum atomic E-state index is 12.0. The van der Waals surface area contributed by atoms with Gasteiger partial charge in [-0.2, -0.15) is 0 Å². The number of urea groups is 1. The number of nitrogens with zero attached hydrogens (tertiary/aromatic N) is 1. The monoisotopic (exact) mass is 301 g/mol. The number of rotatable bonds is 7. The van der Waals surface area contributed by atoms with E-state index >= 15 is 0 Å². The van der Waals surface area contributed by atoms with E-state index in [1.807, 2.05) is 0 Å². The molecule has 3 amide bonds. The molecule has 8 heteroatoms. The zero-order chi connectivity index (χ0) is 15.8. The Labute approximate surface area is 123 Å². The minimum Gasteiger partial charge on any atom is -0.481 e. The fourth-order valence-electron chi connectivity index (χ4n) is 2.20. The van der Waals surface area contributed by atoms with Crippen molar-refractivity contribution >= 4 is 17.9 Å². The lowest BCUT2D eigenvalue weighted by molar-refractivity contribution is -0.138. The second-order valence-corrected chi connectivity index (χ2v) is 5.15. The molecule has 3 N–H and O–H groups in total. The highest BCUT2D eigenvalue weighted by molar-refractivity contribution is 5.86. The van der Waals surface area contributed by atoms with Gasteiger partial charge in [0.25, 0.3) is 0 Å². The topological polar surface area (TPSA) is 108 Å². The number of carbonyl (C=O) groups excluding carboxylic acids is 2. The molecule has 1 fully saturated rings. The summed E-state index contributed by atoms with van der Waals surface area (Å²) in [6.07, 6.45) is 0.741. The Kier molecular flexibility index (Phi) is 6.93. The van der Waals surface area contributed by atoms with Crippen molar-refractivity contribution in [1.82, 2.24) is 15.5 Å². The number of carboxylic acids is 1. The number of hydrogen-bond acceptors (Lipinski definition) is 4. The van der Waals surface area contributed by atoms with Crippen LogP contribution in [0.2, 0.25) is 0 Å². The van der Waals surface area contributed by atoms with Gasteiger partial charge in [-0.25, -0.2) is 4.79 Å². The van der Waals surface area contributed by atoms with Gasteiger partial charge < -0.3 is 25.4 Å². The molecule has 0 saturated carbocycles. The molecule has 0 bridgehead atoms. The molecule has 0 radical (unpaired) electrons. The molecular formula is C13H23N3O5. The minimum absolute atomic E-state index is 0.0147. The van der Waals surface area contributed by atoms with Gasteiger partial charge in [0.05, 0.1) is 6.61 Å². The van der Waals surface area contributed by atoms with Crippen LogP contribution in [0.5, 0.6) is 0 Å². The van der Waals surface area contributed by atoms with E-state index in [4.69, 9.17) is 9.84 Å². The Bertz CT molecular complexity index is 388. The third-order valence-electron chi connectivity index (χ3n) is 3.38. The van der Waals surface area contributed by atoms with Crippen molar-refractivity contribution in [2.75, 3.05) is 33.4 Å². The molecule has 0 aromatic rings. The fraction of sp³-hybridized carbons (Fsp3) is 0.769. The van der Waals surface area contributed by atoms with E-state index in [1.165, 1.54) is 7.11 Å². The van der Waals surface area contributed by atoms with Crippen molar-refractivity contribution in [2.45, 2.75) is 25.8 Å². The van der Waals surface area contributed by atoms with Crippen LogP contribution in [0.3, 0.4) is 0 Å². The second kappa shape index (κ2) is 8.46. The third kappa shape index (κ3) is 5.99. The number of carboxylic acid groups (broad SMARTS) is 1. The summed E-state index contributed by atoms with van der Waals surface area (Å²) in [6.45, 7) is 3.33. The molecule has 0 aromatic carbocycles. The highest BCUT2D eigenvalue weighted by Crippen LogP contribution is 2.19. The summed E-state index contributed by atoms with van der Waals surface area (Å²) >= 11 is 0. The van der Waals surface area contributed by atoms with Crippen molar-refractivity contribution in [1.29, 1.82) is 0 Å². The Balaban J connectivity index is 2.32. The second-order valence-electron chi connectivity index (χ2n) is 5.15. The summed E-state index contributed by atoms with van der Waals surface area (Å²) in [5.74, 6) is -1.14. The molecule has 0 aromatic heterocycles. The molecule has 0 spiro atoms. The highest BCUT2D eigenvalue weighted by atomic mass is 16.5. The zero-order valence-corrected chi connectivity index (χ0v) is 12.4. The smallest absolute Gasteiger partial charge is 0.318 e. The molecule has 1 rings (SSSR count). The van der Waals surface area contributed by atoms with Crippen LogP contribution in [0.1, 0.15) is 19.8 Å². The molecule has 21 heavy (non-hydrogen) atoms. The number of aliphatic carboxylic acids is 1. The number of amides is 3. The lowest BCUT2D eigenvalue weighted by Crippen LogP contribution is -2.49. The van der Waals surface area contributed by atoms with Crippen molar-refractivity contribution in [3.63, 3.8) is 0 Å². The summed E-state index contributed by atoms with van der Waals surface area (Å²) in [7, 11) is 1.54. The summed E-state index contributed by atoms with van der Waals surface area (Å²) in [6, 6.07) is -0.981. The number of carbonyl (C=O) groups is 3. The zero-order valence-electron chi connectivity index (χ0n) is 12.4. The summed E-state index contributed by atoms with van der Waals surface area (Å²) in [4.78, 5) is 35.9. The molecule has 1 heterocycles. The van der Waals surface area contributed by atoms with Gasteiger partial charge in [-0.3, -0.25) is 9.59 Å². The van der Waals surface area contributed by atoms with Crippen LogP contribution in [0.4, 0.5) is 4.79 Å². The van der Waals surface area contributed by atoms with Crippen LogP contribution >= 0.6 is 0 Å². The van der Waals surface area contributed by atoms with Crippen LogP contribution in [-0.2, 0) is 14.3 Å². The van der Waals surface area contributed by atoms with Crippen LogP contribution in [0, 0.1) is 5.92 Å². The van der Waals surface area contributed by atoms with E-state index in [0.717, 1.165) is 0 Å². The third-order valence-corrected chi connectivity index (χ3v) is 3.38.